The SMILES string of the molecule is CNC(=O)c1cc(Oc2ccc(N(C(N)=O)c3cc(C4CCC4)nn3-c3cccc(C)c3)c(Cl)c2)ccn1. The van der Waals surface area contributed by atoms with Crippen molar-refractivity contribution in [1.82, 2.24) is 20.1 Å². The number of benzene rings is 2. The van der Waals surface area contributed by atoms with Gasteiger partial charge in [0, 0.05) is 37.4 Å². The molecule has 1 aliphatic carbocycles. The van der Waals surface area contributed by atoms with Gasteiger partial charge in [-0.1, -0.05) is 30.2 Å². The summed E-state index contributed by atoms with van der Waals surface area (Å²) >= 11 is 6.68. The number of primary amides is 1. The van der Waals surface area contributed by atoms with E-state index in [0.29, 0.717) is 28.9 Å². The van der Waals surface area contributed by atoms with Crippen LogP contribution in [0.3, 0.4) is 0 Å². The predicted molar refractivity (Wildman–Crippen MR) is 146 cm³/mol. The summed E-state index contributed by atoms with van der Waals surface area (Å²) in [5.41, 5.74) is 9.32. The van der Waals surface area contributed by atoms with Gasteiger partial charge in [0.15, 0.2) is 0 Å². The average Bonchev–Trinajstić information content (AvgIpc) is 3.28. The van der Waals surface area contributed by atoms with Crippen molar-refractivity contribution in [2.45, 2.75) is 32.1 Å². The zero-order valence-corrected chi connectivity index (χ0v) is 21.8. The highest BCUT2D eigenvalue weighted by Crippen LogP contribution is 2.41. The summed E-state index contributed by atoms with van der Waals surface area (Å²) in [6, 6.07) is 17.2. The number of nitrogens with one attached hydrogen (secondary N) is 1. The van der Waals surface area contributed by atoms with Crippen LogP contribution in [0, 0.1) is 6.92 Å². The summed E-state index contributed by atoms with van der Waals surface area (Å²) in [4.78, 5) is 30.1. The van der Waals surface area contributed by atoms with E-state index in [1.807, 2.05) is 37.3 Å². The van der Waals surface area contributed by atoms with Crippen LogP contribution in [0.4, 0.5) is 16.3 Å². The fraction of sp³-hybridized carbons (Fsp3) is 0.214. The standard InChI is InChI=1S/C28H27ClN6O3/c1-17-5-3-8-19(13-17)35-26(16-23(33-35)18-6-4-7-18)34(28(30)37)25-10-9-20(14-22(25)29)38-21-11-12-32-24(15-21)27(36)31-2/h3,5,8-16,18H,4,6-7H2,1-2H3,(H2,30,37)(H,31,36). The fourth-order valence-corrected chi connectivity index (χ4v) is 4.61. The molecule has 1 fully saturated rings. The molecule has 0 unspecified atom stereocenters. The van der Waals surface area contributed by atoms with Crippen LogP contribution >= 0.6 is 11.6 Å². The summed E-state index contributed by atoms with van der Waals surface area (Å²) in [6.07, 6.45) is 4.76. The Morgan fingerprint density at radius 3 is 2.55 bits per heavy atom. The van der Waals surface area contributed by atoms with Gasteiger partial charge in [0.25, 0.3) is 5.91 Å². The highest BCUT2D eigenvalue weighted by atomic mass is 35.5. The molecule has 2 aromatic heterocycles. The Morgan fingerprint density at radius 2 is 1.89 bits per heavy atom. The molecule has 2 heterocycles. The predicted octanol–water partition coefficient (Wildman–Crippen LogP) is 5.87. The summed E-state index contributed by atoms with van der Waals surface area (Å²) in [6.45, 7) is 2.00. The third kappa shape index (κ3) is 5.05. The van der Waals surface area contributed by atoms with Crippen molar-refractivity contribution in [2.75, 3.05) is 11.9 Å². The van der Waals surface area contributed by atoms with Gasteiger partial charge in [-0.15, -0.1) is 0 Å². The number of anilines is 2. The number of pyridine rings is 1. The number of urea groups is 1. The van der Waals surface area contributed by atoms with Gasteiger partial charge in [0.05, 0.1) is 22.1 Å². The molecule has 5 rings (SSSR count). The fourth-order valence-electron chi connectivity index (χ4n) is 4.35. The average molecular weight is 531 g/mol. The molecule has 3 amide bonds. The molecule has 10 heteroatoms. The molecule has 0 spiro atoms. The minimum Gasteiger partial charge on any atom is -0.457 e. The number of rotatable bonds is 7. The maximum absolute atomic E-state index is 12.8. The number of carbonyl (C=O) groups is 2. The van der Waals surface area contributed by atoms with E-state index < -0.39 is 6.03 Å². The van der Waals surface area contributed by atoms with Crippen molar-refractivity contribution < 1.29 is 14.3 Å². The molecule has 38 heavy (non-hydrogen) atoms. The number of carbonyl (C=O) groups excluding carboxylic acids is 2. The molecular weight excluding hydrogens is 504 g/mol. The van der Waals surface area contributed by atoms with Crippen molar-refractivity contribution in [1.29, 1.82) is 0 Å². The second-order valence-electron chi connectivity index (χ2n) is 9.15. The molecule has 0 bridgehead atoms. The topological polar surface area (TPSA) is 115 Å². The van der Waals surface area contributed by atoms with Crippen molar-refractivity contribution >= 4 is 35.0 Å². The normalized spacial score (nSPS) is 13.0. The Bertz CT molecular complexity index is 1510. The Morgan fingerprint density at radius 1 is 1.11 bits per heavy atom. The molecule has 0 saturated heterocycles. The second-order valence-corrected chi connectivity index (χ2v) is 9.56. The highest BCUT2D eigenvalue weighted by molar-refractivity contribution is 6.34. The first-order valence-corrected chi connectivity index (χ1v) is 12.6. The van der Waals surface area contributed by atoms with Gasteiger partial charge in [-0.05, 0) is 55.7 Å². The molecule has 0 atom stereocenters. The van der Waals surface area contributed by atoms with Gasteiger partial charge in [0.2, 0.25) is 0 Å². The van der Waals surface area contributed by atoms with Crippen LogP contribution in [0.5, 0.6) is 11.5 Å². The maximum Gasteiger partial charge on any atom is 0.325 e. The molecule has 0 radical (unpaired) electrons. The maximum atomic E-state index is 12.8. The lowest BCUT2D eigenvalue weighted by Crippen LogP contribution is -2.33. The first-order chi connectivity index (χ1) is 18.3. The van der Waals surface area contributed by atoms with Crippen LogP contribution in [0.25, 0.3) is 5.69 Å². The smallest absolute Gasteiger partial charge is 0.325 e. The van der Waals surface area contributed by atoms with Crippen molar-refractivity contribution in [3.05, 3.63) is 88.8 Å². The van der Waals surface area contributed by atoms with E-state index in [0.717, 1.165) is 36.2 Å². The minimum absolute atomic E-state index is 0.222. The monoisotopic (exact) mass is 530 g/mol. The molecule has 1 saturated carbocycles. The van der Waals surface area contributed by atoms with Crippen molar-refractivity contribution in [3.8, 4) is 17.2 Å². The van der Waals surface area contributed by atoms with Gasteiger partial charge in [-0.2, -0.15) is 5.10 Å². The number of hydrogen-bond donors (Lipinski definition) is 2. The summed E-state index contributed by atoms with van der Waals surface area (Å²) in [5.74, 6) is 1.36. The van der Waals surface area contributed by atoms with Gasteiger partial charge in [-0.25, -0.2) is 14.4 Å². The third-order valence-corrected chi connectivity index (χ3v) is 6.82. The number of halogens is 1. The van der Waals surface area contributed by atoms with Gasteiger partial charge >= 0.3 is 6.03 Å². The number of hydrogen-bond acceptors (Lipinski definition) is 5. The first-order valence-electron chi connectivity index (χ1n) is 12.3. The number of aromatic nitrogens is 3. The lowest BCUT2D eigenvalue weighted by molar-refractivity contribution is 0.0958. The third-order valence-electron chi connectivity index (χ3n) is 6.52. The molecule has 3 N–H and O–H groups in total. The molecule has 2 aromatic carbocycles. The van der Waals surface area contributed by atoms with E-state index in [1.165, 1.54) is 24.2 Å². The lowest BCUT2D eigenvalue weighted by atomic mass is 9.83. The molecule has 194 valence electrons. The summed E-state index contributed by atoms with van der Waals surface area (Å²) in [7, 11) is 1.53. The zero-order valence-electron chi connectivity index (χ0n) is 21.0. The number of amides is 3. The first kappa shape index (κ1) is 25.3. The van der Waals surface area contributed by atoms with Crippen LogP contribution in [0.15, 0.2) is 66.9 Å². The molecule has 4 aromatic rings. The zero-order chi connectivity index (χ0) is 26.8. The van der Waals surface area contributed by atoms with E-state index in [4.69, 9.17) is 27.2 Å². The van der Waals surface area contributed by atoms with Crippen LogP contribution in [-0.4, -0.2) is 33.8 Å². The van der Waals surface area contributed by atoms with Crippen molar-refractivity contribution in [3.63, 3.8) is 0 Å². The lowest BCUT2D eigenvalue weighted by Gasteiger charge is -2.23. The minimum atomic E-state index is -0.695. The largest absolute Gasteiger partial charge is 0.457 e. The van der Waals surface area contributed by atoms with E-state index in [-0.39, 0.29) is 16.6 Å². The quantitative estimate of drug-likeness (QED) is 0.310. The Kier molecular flexibility index (Phi) is 7.02. The Balaban J connectivity index is 1.51. The second kappa shape index (κ2) is 10.5. The molecule has 9 nitrogen and oxygen atoms in total. The number of ether oxygens (including phenoxy) is 1. The van der Waals surface area contributed by atoms with Crippen LogP contribution in [-0.2, 0) is 0 Å². The van der Waals surface area contributed by atoms with Crippen LogP contribution in [0.2, 0.25) is 5.02 Å². The summed E-state index contributed by atoms with van der Waals surface area (Å²) in [5, 5.41) is 7.65. The molecule has 0 aliphatic heterocycles. The van der Waals surface area contributed by atoms with Crippen LogP contribution in [0.1, 0.15) is 46.9 Å². The van der Waals surface area contributed by atoms with Gasteiger partial charge in [0.1, 0.15) is 23.0 Å². The van der Waals surface area contributed by atoms with E-state index in [2.05, 4.69) is 10.3 Å². The van der Waals surface area contributed by atoms with Crippen LogP contribution < -0.4 is 20.7 Å². The highest BCUT2D eigenvalue weighted by Gasteiger charge is 2.29. The van der Waals surface area contributed by atoms with Gasteiger partial charge in [-0.3, -0.25) is 9.78 Å². The van der Waals surface area contributed by atoms with Crippen molar-refractivity contribution in [2.24, 2.45) is 5.73 Å². The number of aryl methyl sites for hydroxylation is 1. The molecular formula is C28H27ClN6O3. The Labute approximate surface area is 225 Å². The number of nitrogens with two attached hydrogens (primary N) is 1. The molecule has 1 aliphatic rings. The van der Waals surface area contributed by atoms with E-state index >= 15 is 0 Å². The summed E-state index contributed by atoms with van der Waals surface area (Å²) < 4.78 is 7.64. The number of nitrogens with zero attached hydrogens (tertiary/aromatic N) is 4. The van der Waals surface area contributed by atoms with E-state index in [1.54, 1.807) is 28.9 Å². The van der Waals surface area contributed by atoms with Gasteiger partial charge < -0.3 is 15.8 Å². The van der Waals surface area contributed by atoms with E-state index in [9.17, 15) is 9.59 Å². The Hall–Kier alpha value is -4.37.